The van der Waals surface area contributed by atoms with Crippen LogP contribution >= 0.6 is 0 Å². The molecule has 0 aliphatic heterocycles. The predicted octanol–water partition coefficient (Wildman–Crippen LogP) is -2.57. The third-order valence-electron chi connectivity index (χ3n) is 2.65. The van der Waals surface area contributed by atoms with Crippen LogP contribution in [0.2, 0.25) is 0 Å². The van der Waals surface area contributed by atoms with Gasteiger partial charge < -0.3 is 9.66 Å². The normalized spacial score (nSPS) is 34.2. The van der Waals surface area contributed by atoms with E-state index in [9.17, 15) is 18.1 Å². The van der Waals surface area contributed by atoms with Gasteiger partial charge in [0.05, 0.1) is 0 Å². The van der Waals surface area contributed by atoms with Gasteiger partial charge in [-0.1, -0.05) is 6.92 Å². The Balaban J connectivity index is 0.00000144. The zero-order valence-corrected chi connectivity index (χ0v) is 10.8. The number of rotatable bonds is 2. The van der Waals surface area contributed by atoms with E-state index in [1.807, 2.05) is 0 Å². The first-order valence-electron chi connectivity index (χ1n) is 4.09. The molecular formula is C7H13NaO4S. The van der Waals surface area contributed by atoms with Crippen LogP contribution in [0.25, 0.3) is 0 Å². The number of hydrogen-bond donors (Lipinski definition) is 1. The Hall–Kier alpha value is 0.870. The van der Waals surface area contributed by atoms with Crippen molar-refractivity contribution in [1.29, 1.82) is 0 Å². The molecule has 0 radical (unpaired) electrons. The summed E-state index contributed by atoms with van der Waals surface area (Å²) in [6.45, 7) is 1.78. The molecule has 1 aliphatic carbocycles. The second kappa shape index (κ2) is 4.59. The summed E-state index contributed by atoms with van der Waals surface area (Å²) in [4.78, 5) is -1.98. The van der Waals surface area contributed by atoms with Crippen molar-refractivity contribution in [3.8, 4) is 0 Å². The average Bonchev–Trinajstić information content (AvgIpc) is 2.30. The third-order valence-corrected chi connectivity index (χ3v) is 4.05. The van der Waals surface area contributed by atoms with Gasteiger partial charge in [-0.3, -0.25) is 0 Å². The summed E-state index contributed by atoms with van der Waals surface area (Å²) in [5, 5.41) is 9.59. The van der Waals surface area contributed by atoms with Crippen LogP contribution in [-0.4, -0.2) is 23.0 Å². The molecule has 6 heteroatoms. The van der Waals surface area contributed by atoms with Gasteiger partial charge in [0.2, 0.25) is 0 Å². The van der Waals surface area contributed by atoms with Crippen molar-refractivity contribution in [3.05, 3.63) is 0 Å². The van der Waals surface area contributed by atoms with Gasteiger partial charge in [0.15, 0.2) is 4.93 Å². The van der Waals surface area contributed by atoms with Gasteiger partial charge >= 0.3 is 29.6 Å². The first-order chi connectivity index (χ1) is 5.42. The van der Waals surface area contributed by atoms with Crippen LogP contribution in [0.1, 0.15) is 32.6 Å². The SMILES string of the molecule is CCC1CCCC1(O)S(=O)(=O)[O-].[Na+]. The Labute approximate surface area is 101 Å². The molecule has 2 unspecified atom stereocenters. The quantitative estimate of drug-likeness (QED) is 0.407. The standard InChI is InChI=1S/C7H14O4S.Na/c1-2-6-4-3-5-7(6,8)12(9,10)11;/h6,8H,2-5H2,1H3,(H,9,10,11);/q;+1/p-1. The summed E-state index contributed by atoms with van der Waals surface area (Å²) in [5.41, 5.74) is 0. The van der Waals surface area contributed by atoms with Crippen molar-refractivity contribution >= 4 is 10.1 Å². The molecule has 1 fully saturated rings. The Morgan fingerprint density at radius 2 is 2.15 bits per heavy atom. The van der Waals surface area contributed by atoms with Gasteiger partial charge in [0, 0.05) is 5.92 Å². The van der Waals surface area contributed by atoms with E-state index in [1.54, 1.807) is 6.92 Å². The zero-order chi connectivity index (χ0) is 9.41. The first-order valence-corrected chi connectivity index (χ1v) is 5.50. The number of aliphatic hydroxyl groups is 1. The van der Waals surface area contributed by atoms with Crippen molar-refractivity contribution in [2.24, 2.45) is 5.92 Å². The zero-order valence-electron chi connectivity index (χ0n) is 7.99. The fourth-order valence-electron chi connectivity index (χ4n) is 1.88. The van der Waals surface area contributed by atoms with Crippen LogP contribution in [-0.2, 0) is 10.1 Å². The summed E-state index contributed by atoms with van der Waals surface area (Å²) in [6, 6.07) is 0. The molecular weight excluding hydrogens is 203 g/mol. The van der Waals surface area contributed by atoms with Crippen LogP contribution < -0.4 is 29.6 Å². The Bertz CT molecular complexity index is 264. The minimum atomic E-state index is -4.56. The van der Waals surface area contributed by atoms with Crippen LogP contribution in [0.4, 0.5) is 0 Å². The first kappa shape index (κ1) is 13.9. The van der Waals surface area contributed by atoms with Crippen molar-refractivity contribution in [1.82, 2.24) is 0 Å². The van der Waals surface area contributed by atoms with Gasteiger partial charge in [-0.15, -0.1) is 0 Å². The second-order valence-electron chi connectivity index (χ2n) is 3.30. The van der Waals surface area contributed by atoms with Crippen molar-refractivity contribution in [2.45, 2.75) is 37.5 Å². The molecule has 0 aromatic heterocycles. The van der Waals surface area contributed by atoms with E-state index >= 15 is 0 Å². The Morgan fingerprint density at radius 1 is 1.62 bits per heavy atom. The maximum atomic E-state index is 10.7. The molecule has 0 aromatic carbocycles. The monoisotopic (exact) mass is 216 g/mol. The van der Waals surface area contributed by atoms with Gasteiger partial charge in [-0.25, -0.2) is 8.42 Å². The van der Waals surface area contributed by atoms with Crippen LogP contribution in [0.3, 0.4) is 0 Å². The van der Waals surface area contributed by atoms with E-state index in [0.717, 1.165) is 0 Å². The summed E-state index contributed by atoms with van der Waals surface area (Å²) in [5.74, 6) is -0.375. The van der Waals surface area contributed by atoms with Gasteiger partial charge in [0.1, 0.15) is 10.1 Å². The molecule has 72 valence electrons. The molecule has 13 heavy (non-hydrogen) atoms. The van der Waals surface area contributed by atoms with Crippen molar-refractivity contribution in [2.75, 3.05) is 0 Å². The summed E-state index contributed by atoms with van der Waals surface area (Å²) >= 11 is 0. The Kier molecular flexibility index (Phi) is 4.90. The summed E-state index contributed by atoms with van der Waals surface area (Å²) < 4.78 is 32.2. The summed E-state index contributed by atoms with van der Waals surface area (Å²) in [6.07, 6.45) is 1.89. The topological polar surface area (TPSA) is 77.4 Å². The molecule has 0 bridgehead atoms. The minimum absolute atomic E-state index is 0. The smallest absolute Gasteiger partial charge is 0.746 e. The van der Waals surface area contributed by atoms with E-state index in [0.29, 0.717) is 19.3 Å². The molecule has 0 spiro atoms. The van der Waals surface area contributed by atoms with Gasteiger partial charge in [-0.05, 0) is 25.7 Å². The van der Waals surface area contributed by atoms with E-state index in [-0.39, 0.29) is 41.9 Å². The molecule has 0 saturated heterocycles. The summed E-state index contributed by atoms with van der Waals surface area (Å²) in [7, 11) is -4.56. The Morgan fingerprint density at radius 3 is 2.46 bits per heavy atom. The molecule has 0 heterocycles. The maximum Gasteiger partial charge on any atom is 1.00 e. The molecule has 1 rings (SSSR count). The van der Waals surface area contributed by atoms with E-state index < -0.39 is 15.1 Å². The molecule has 4 nitrogen and oxygen atoms in total. The minimum Gasteiger partial charge on any atom is -0.746 e. The number of hydrogen-bond acceptors (Lipinski definition) is 4. The van der Waals surface area contributed by atoms with E-state index in [4.69, 9.17) is 0 Å². The molecule has 1 saturated carbocycles. The van der Waals surface area contributed by atoms with Crippen LogP contribution in [0, 0.1) is 5.92 Å². The average molecular weight is 216 g/mol. The van der Waals surface area contributed by atoms with Gasteiger partial charge in [0.25, 0.3) is 0 Å². The van der Waals surface area contributed by atoms with E-state index in [2.05, 4.69) is 0 Å². The molecule has 2 atom stereocenters. The van der Waals surface area contributed by atoms with Crippen LogP contribution in [0.15, 0.2) is 0 Å². The largest absolute Gasteiger partial charge is 1.00 e. The van der Waals surface area contributed by atoms with Crippen molar-refractivity contribution < 1.29 is 47.6 Å². The van der Waals surface area contributed by atoms with Crippen molar-refractivity contribution in [3.63, 3.8) is 0 Å². The molecule has 0 amide bonds. The third kappa shape index (κ3) is 2.46. The fourth-order valence-corrected chi connectivity index (χ4v) is 2.97. The predicted molar refractivity (Wildman–Crippen MR) is 42.3 cm³/mol. The molecule has 1 aliphatic rings. The van der Waals surface area contributed by atoms with E-state index in [1.165, 1.54) is 0 Å². The molecule has 0 aromatic rings. The van der Waals surface area contributed by atoms with Crippen LogP contribution in [0.5, 0.6) is 0 Å². The fraction of sp³-hybridized carbons (Fsp3) is 1.00. The van der Waals surface area contributed by atoms with Gasteiger partial charge in [-0.2, -0.15) is 0 Å². The second-order valence-corrected chi connectivity index (χ2v) is 4.91. The maximum absolute atomic E-state index is 10.7. The molecule has 1 N–H and O–H groups in total.